The number of nitrogens with zero attached hydrogens (tertiary/aromatic N) is 2. The standard InChI is InChI=1S/C23H28N4O/c1-16-25-21(24-15-17-6-12-20(28-5)13-7-17)14-22(26-16)27-19-10-8-18(9-11-19)23(2,3)4/h6-14H,15H2,1-5H3,(H2,24,25,26,27). The number of ether oxygens (including phenoxy) is 1. The lowest BCUT2D eigenvalue weighted by Gasteiger charge is -2.19. The molecule has 1 heterocycles. The number of aryl methyl sites for hydroxylation is 1. The van der Waals surface area contributed by atoms with Crippen LogP contribution in [-0.4, -0.2) is 17.1 Å². The Bertz CT molecular complexity index is 913. The van der Waals surface area contributed by atoms with Gasteiger partial charge in [0.25, 0.3) is 0 Å². The van der Waals surface area contributed by atoms with Crippen LogP contribution in [0.4, 0.5) is 17.3 Å². The normalized spacial score (nSPS) is 11.2. The van der Waals surface area contributed by atoms with E-state index in [0.717, 1.165) is 28.6 Å². The Balaban J connectivity index is 1.68. The molecule has 0 radical (unpaired) electrons. The average Bonchev–Trinajstić information content (AvgIpc) is 2.66. The number of aromatic nitrogens is 2. The van der Waals surface area contributed by atoms with E-state index in [4.69, 9.17) is 4.74 Å². The van der Waals surface area contributed by atoms with E-state index in [-0.39, 0.29) is 5.41 Å². The van der Waals surface area contributed by atoms with Crippen molar-refractivity contribution < 1.29 is 4.74 Å². The molecule has 0 bridgehead atoms. The molecule has 5 nitrogen and oxygen atoms in total. The van der Waals surface area contributed by atoms with E-state index >= 15 is 0 Å². The van der Waals surface area contributed by atoms with Gasteiger partial charge in [0.2, 0.25) is 0 Å². The minimum atomic E-state index is 0.141. The lowest BCUT2D eigenvalue weighted by Crippen LogP contribution is -2.10. The van der Waals surface area contributed by atoms with Crippen molar-refractivity contribution in [3.8, 4) is 5.75 Å². The molecule has 5 heteroatoms. The van der Waals surface area contributed by atoms with Crippen LogP contribution in [0.5, 0.6) is 5.75 Å². The van der Waals surface area contributed by atoms with Gasteiger partial charge in [-0.3, -0.25) is 0 Å². The average molecular weight is 377 g/mol. The number of benzene rings is 2. The maximum Gasteiger partial charge on any atom is 0.136 e. The van der Waals surface area contributed by atoms with Crippen molar-refractivity contribution in [1.82, 2.24) is 9.97 Å². The number of hydrogen-bond acceptors (Lipinski definition) is 5. The zero-order valence-corrected chi connectivity index (χ0v) is 17.2. The van der Waals surface area contributed by atoms with Gasteiger partial charge in [-0.2, -0.15) is 0 Å². The molecule has 0 unspecified atom stereocenters. The van der Waals surface area contributed by atoms with E-state index in [9.17, 15) is 0 Å². The summed E-state index contributed by atoms with van der Waals surface area (Å²) in [5, 5.41) is 6.73. The predicted octanol–water partition coefficient (Wildman–Crippen LogP) is 5.45. The van der Waals surface area contributed by atoms with Gasteiger partial charge in [-0.05, 0) is 47.7 Å². The molecule has 0 aliphatic rings. The van der Waals surface area contributed by atoms with Crippen molar-refractivity contribution in [2.24, 2.45) is 0 Å². The first-order valence-electron chi connectivity index (χ1n) is 9.43. The number of hydrogen-bond donors (Lipinski definition) is 2. The van der Waals surface area contributed by atoms with Crippen molar-refractivity contribution in [3.05, 3.63) is 71.5 Å². The van der Waals surface area contributed by atoms with Crippen LogP contribution < -0.4 is 15.4 Å². The molecule has 1 aromatic heterocycles. The predicted molar refractivity (Wildman–Crippen MR) is 116 cm³/mol. The van der Waals surface area contributed by atoms with E-state index in [0.29, 0.717) is 12.4 Å². The fourth-order valence-corrected chi connectivity index (χ4v) is 2.86. The van der Waals surface area contributed by atoms with E-state index < -0.39 is 0 Å². The van der Waals surface area contributed by atoms with Gasteiger partial charge in [0.15, 0.2) is 0 Å². The summed E-state index contributed by atoms with van der Waals surface area (Å²) in [6.45, 7) is 9.21. The quantitative estimate of drug-likeness (QED) is 0.599. The first kappa shape index (κ1) is 19.7. The highest BCUT2D eigenvalue weighted by Gasteiger charge is 2.13. The van der Waals surface area contributed by atoms with Gasteiger partial charge in [-0.1, -0.05) is 45.0 Å². The summed E-state index contributed by atoms with van der Waals surface area (Å²) in [4.78, 5) is 8.98. The van der Waals surface area contributed by atoms with Crippen LogP contribution >= 0.6 is 0 Å². The highest BCUT2D eigenvalue weighted by molar-refractivity contribution is 5.59. The summed E-state index contributed by atoms with van der Waals surface area (Å²) in [5.41, 5.74) is 3.61. The van der Waals surface area contributed by atoms with Crippen LogP contribution in [0.3, 0.4) is 0 Å². The Labute approximate surface area is 167 Å². The maximum atomic E-state index is 5.20. The molecular formula is C23H28N4O. The molecule has 2 aromatic carbocycles. The minimum Gasteiger partial charge on any atom is -0.497 e. The van der Waals surface area contributed by atoms with Gasteiger partial charge < -0.3 is 15.4 Å². The van der Waals surface area contributed by atoms with Gasteiger partial charge in [0.1, 0.15) is 23.2 Å². The van der Waals surface area contributed by atoms with Crippen LogP contribution in [0, 0.1) is 6.92 Å². The maximum absolute atomic E-state index is 5.20. The van der Waals surface area contributed by atoms with Crippen molar-refractivity contribution in [2.45, 2.75) is 39.7 Å². The lowest BCUT2D eigenvalue weighted by atomic mass is 9.87. The third kappa shape index (κ3) is 5.22. The van der Waals surface area contributed by atoms with E-state index in [1.807, 2.05) is 37.3 Å². The monoisotopic (exact) mass is 376 g/mol. The molecule has 3 rings (SSSR count). The first-order valence-corrected chi connectivity index (χ1v) is 9.43. The highest BCUT2D eigenvalue weighted by atomic mass is 16.5. The molecule has 0 atom stereocenters. The topological polar surface area (TPSA) is 59.1 Å². The van der Waals surface area contributed by atoms with Gasteiger partial charge in [-0.25, -0.2) is 9.97 Å². The van der Waals surface area contributed by atoms with Crippen molar-refractivity contribution >= 4 is 17.3 Å². The molecule has 0 aliphatic carbocycles. The third-order valence-electron chi connectivity index (χ3n) is 4.49. The Morgan fingerprint density at radius 1 is 0.893 bits per heavy atom. The Hall–Kier alpha value is -3.08. The number of nitrogens with one attached hydrogen (secondary N) is 2. The summed E-state index contributed by atoms with van der Waals surface area (Å²) >= 11 is 0. The van der Waals surface area contributed by atoms with Crippen LogP contribution in [0.1, 0.15) is 37.7 Å². The third-order valence-corrected chi connectivity index (χ3v) is 4.49. The summed E-state index contributed by atoms with van der Waals surface area (Å²) in [5.74, 6) is 3.13. The van der Waals surface area contributed by atoms with Crippen LogP contribution in [0.25, 0.3) is 0 Å². The second-order valence-electron chi connectivity index (χ2n) is 7.84. The molecule has 146 valence electrons. The van der Waals surface area contributed by atoms with Gasteiger partial charge in [0, 0.05) is 18.3 Å². The molecule has 0 fully saturated rings. The zero-order chi connectivity index (χ0) is 20.1. The Morgan fingerprint density at radius 3 is 2.14 bits per heavy atom. The fourth-order valence-electron chi connectivity index (χ4n) is 2.86. The van der Waals surface area contributed by atoms with E-state index in [1.165, 1.54) is 5.56 Å². The summed E-state index contributed by atoms with van der Waals surface area (Å²) < 4.78 is 5.20. The van der Waals surface area contributed by atoms with Crippen LogP contribution in [0.2, 0.25) is 0 Å². The molecule has 2 N–H and O–H groups in total. The summed E-state index contributed by atoms with van der Waals surface area (Å²) in [6, 6.07) is 18.4. The minimum absolute atomic E-state index is 0.141. The van der Waals surface area contributed by atoms with Crippen LogP contribution in [-0.2, 0) is 12.0 Å². The Morgan fingerprint density at radius 2 is 1.54 bits per heavy atom. The molecule has 0 aliphatic heterocycles. The zero-order valence-electron chi connectivity index (χ0n) is 17.2. The molecule has 0 spiro atoms. The largest absolute Gasteiger partial charge is 0.497 e. The van der Waals surface area contributed by atoms with Gasteiger partial charge in [0.05, 0.1) is 7.11 Å². The number of methoxy groups -OCH3 is 1. The number of rotatable bonds is 6. The summed E-state index contributed by atoms with van der Waals surface area (Å²) in [6.07, 6.45) is 0. The molecule has 28 heavy (non-hydrogen) atoms. The lowest BCUT2D eigenvalue weighted by molar-refractivity contribution is 0.414. The van der Waals surface area contributed by atoms with Gasteiger partial charge in [-0.15, -0.1) is 0 Å². The van der Waals surface area contributed by atoms with E-state index in [2.05, 4.69) is 65.6 Å². The molecule has 0 saturated carbocycles. The first-order chi connectivity index (χ1) is 13.3. The van der Waals surface area contributed by atoms with Crippen molar-refractivity contribution in [3.63, 3.8) is 0 Å². The van der Waals surface area contributed by atoms with Crippen molar-refractivity contribution in [2.75, 3.05) is 17.7 Å². The number of anilines is 3. The summed E-state index contributed by atoms with van der Waals surface area (Å²) in [7, 11) is 1.67. The second kappa shape index (κ2) is 8.30. The Kier molecular flexibility index (Phi) is 5.83. The SMILES string of the molecule is COc1ccc(CNc2cc(Nc3ccc(C(C)(C)C)cc3)nc(C)n2)cc1. The molecule has 0 amide bonds. The smallest absolute Gasteiger partial charge is 0.136 e. The second-order valence-corrected chi connectivity index (χ2v) is 7.84. The fraction of sp³-hybridized carbons (Fsp3) is 0.304. The highest BCUT2D eigenvalue weighted by Crippen LogP contribution is 2.25. The van der Waals surface area contributed by atoms with Crippen molar-refractivity contribution in [1.29, 1.82) is 0 Å². The van der Waals surface area contributed by atoms with Gasteiger partial charge >= 0.3 is 0 Å². The molecule has 3 aromatic rings. The molecule has 0 saturated heterocycles. The van der Waals surface area contributed by atoms with E-state index in [1.54, 1.807) is 7.11 Å². The molecular weight excluding hydrogens is 348 g/mol. The van der Waals surface area contributed by atoms with Crippen LogP contribution in [0.15, 0.2) is 54.6 Å².